The molecule has 6 heteroatoms. The Morgan fingerprint density at radius 2 is 1.00 bits per heavy atom. The van der Waals surface area contributed by atoms with Gasteiger partial charge in [0.15, 0.2) is 11.6 Å². The standard InChI is InChI=1S/C9H10O5.Hf/c1-5(10)8(13)3-7(12)4-9(14)6(2)11;/h3-4H2,1-2H3;. The molecule has 0 saturated carbocycles. The second kappa shape index (κ2) is 7.50. The van der Waals surface area contributed by atoms with E-state index in [0.29, 0.717) is 0 Å². The first-order valence-electron chi connectivity index (χ1n) is 3.93. The summed E-state index contributed by atoms with van der Waals surface area (Å²) in [6.07, 6.45) is -1.21. The molecule has 0 atom stereocenters. The van der Waals surface area contributed by atoms with E-state index in [1.165, 1.54) is 0 Å². The first kappa shape index (κ1) is 16.6. The van der Waals surface area contributed by atoms with Crippen LogP contribution in [0.2, 0.25) is 0 Å². The van der Waals surface area contributed by atoms with Gasteiger partial charge in [-0.1, -0.05) is 0 Å². The predicted molar refractivity (Wildman–Crippen MR) is 45.6 cm³/mol. The normalized spacial score (nSPS) is 8.67. The second-order valence-electron chi connectivity index (χ2n) is 2.85. The van der Waals surface area contributed by atoms with Crippen molar-refractivity contribution in [1.29, 1.82) is 0 Å². The van der Waals surface area contributed by atoms with Gasteiger partial charge in [-0.15, -0.1) is 0 Å². The van der Waals surface area contributed by atoms with Crippen LogP contribution in [0.15, 0.2) is 0 Å². The summed E-state index contributed by atoms with van der Waals surface area (Å²) in [7, 11) is 0. The third kappa shape index (κ3) is 7.18. The molecule has 0 aliphatic heterocycles. The molecule has 0 aliphatic rings. The molecule has 80 valence electrons. The van der Waals surface area contributed by atoms with E-state index in [0.717, 1.165) is 13.8 Å². The van der Waals surface area contributed by atoms with E-state index in [1.54, 1.807) is 0 Å². The Labute approximate surface area is 105 Å². The van der Waals surface area contributed by atoms with Crippen molar-refractivity contribution in [3.63, 3.8) is 0 Å². The van der Waals surface area contributed by atoms with Crippen molar-refractivity contribution in [3.8, 4) is 0 Å². The molecule has 0 spiro atoms. The number of hydrogen-bond acceptors (Lipinski definition) is 5. The monoisotopic (exact) mass is 378 g/mol. The van der Waals surface area contributed by atoms with Crippen LogP contribution in [0.1, 0.15) is 26.7 Å². The molecule has 0 rings (SSSR count). The van der Waals surface area contributed by atoms with Crippen molar-refractivity contribution in [2.75, 3.05) is 0 Å². The summed E-state index contributed by atoms with van der Waals surface area (Å²) in [5.41, 5.74) is 0. The third-order valence-corrected chi connectivity index (χ3v) is 1.50. The molecule has 0 unspecified atom stereocenters. The molecular formula is C9H10HfO5. The average Bonchev–Trinajstić information content (AvgIpc) is 2.03. The fraction of sp³-hybridized carbons (Fsp3) is 0.444. The predicted octanol–water partition coefficient (Wildman–Crippen LogP) is -0.351. The summed E-state index contributed by atoms with van der Waals surface area (Å²) in [6, 6.07) is 0. The molecule has 0 saturated heterocycles. The number of rotatable bonds is 6. The van der Waals surface area contributed by atoms with Crippen molar-refractivity contribution in [3.05, 3.63) is 0 Å². The van der Waals surface area contributed by atoms with E-state index in [4.69, 9.17) is 0 Å². The van der Waals surface area contributed by atoms with E-state index in [-0.39, 0.29) is 25.8 Å². The van der Waals surface area contributed by atoms with Crippen LogP contribution in [0, 0.1) is 0 Å². The summed E-state index contributed by atoms with van der Waals surface area (Å²) in [5, 5.41) is 0. The van der Waals surface area contributed by atoms with Crippen molar-refractivity contribution in [2.45, 2.75) is 26.7 Å². The molecule has 0 aromatic rings. The fourth-order valence-corrected chi connectivity index (χ4v) is 0.670. The largest absolute Gasteiger partial charge is 0.299 e. The minimum Gasteiger partial charge on any atom is -0.299 e. The number of Topliss-reactive ketones (excluding diaryl/α,β-unsaturated/α-hetero) is 5. The zero-order valence-electron chi connectivity index (χ0n) is 8.46. The van der Waals surface area contributed by atoms with Gasteiger partial charge in [-0.3, -0.25) is 24.0 Å². The minimum absolute atomic E-state index is 0. The first-order chi connectivity index (χ1) is 6.34. The van der Waals surface area contributed by atoms with Crippen molar-refractivity contribution in [1.82, 2.24) is 0 Å². The minimum atomic E-state index is -0.841. The van der Waals surface area contributed by atoms with Crippen LogP contribution in [-0.4, -0.2) is 28.9 Å². The van der Waals surface area contributed by atoms with Gasteiger partial charge in [-0.05, 0) is 0 Å². The van der Waals surface area contributed by atoms with E-state index in [2.05, 4.69) is 0 Å². The Kier molecular flexibility index (Phi) is 8.33. The topological polar surface area (TPSA) is 85.3 Å². The maximum atomic E-state index is 10.9. The Morgan fingerprint density at radius 1 is 0.733 bits per heavy atom. The van der Waals surface area contributed by atoms with E-state index >= 15 is 0 Å². The molecule has 5 nitrogen and oxygen atoms in total. The summed E-state index contributed by atoms with van der Waals surface area (Å²) in [4.78, 5) is 53.3. The quantitative estimate of drug-likeness (QED) is 0.359. The van der Waals surface area contributed by atoms with Gasteiger partial charge in [-0.25, -0.2) is 0 Å². The van der Waals surface area contributed by atoms with Crippen LogP contribution in [-0.2, 0) is 49.8 Å². The molecule has 0 aromatic carbocycles. The van der Waals surface area contributed by atoms with Crippen molar-refractivity contribution < 1.29 is 49.8 Å². The van der Waals surface area contributed by atoms with E-state index in [1.807, 2.05) is 0 Å². The Hall–Kier alpha value is -0.780. The molecule has 0 N–H and O–H groups in total. The van der Waals surface area contributed by atoms with Crippen molar-refractivity contribution >= 4 is 28.9 Å². The molecule has 0 aliphatic carbocycles. The van der Waals surface area contributed by atoms with Gasteiger partial charge in [-0.2, -0.15) is 0 Å². The first-order valence-corrected chi connectivity index (χ1v) is 3.93. The van der Waals surface area contributed by atoms with Crippen LogP contribution in [0.4, 0.5) is 0 Å². The number of carbonyl (C=O) groups is 5. The van der Waals surface area contributed by atoms with E-state index in [9.17, 15) is 24.0 Å². The fourth-order valence-electron chi connectivity index (χ4n) is 0.670. The Balaban J connectivity index is 0. The number of hydrogen-bond donors (Lipinski definition) is 0. The van der Waals surface area contributed by atoms with Gasteiger partial charge in [0.05, 0.1) is 12.8 Å². The maximum Gasteiger partial charge on any atom is 0.205 e. The molecule has 0 fully saturated rings. The SMILES string of the molecule is CC(=O)C(=O)CC(=O)CC(=O)C(C)=O.[Hf]. The zero-order chi connectivity index (χ0) is 11.3. The van der Waals surface area contributed by atoms with Gasteiger partial charge in [0, 0.05) is 39.7 Å². The zero-order valence-corrected chi connectivity index (χ0v) is 12.0. The molecule has 0 heterocycles. The molecular weight excluding hydrogens is 367 g/mol. The van der Waals surface area contributed by atoms with Crippen LogP contribution in [0.5, 0.6) is 0 Å². The molecule has 15 heavy (non-hydrogen) atoms. The molecule has 0 radical (unpaired) electrons. The van der Waals surface area contributed by atoms with Crippen LogP contribution in [0.25, 0.3) is 0 Å². The number of ketones is 5. The van der Waals surface area contributed by atoms with Crippen LogP contribution in [0.3, 0.4) is 0 Å². The van der Waals surface area contributed by atoms with Crippen molar-refractivity contribution in [2.24, 2.45) is 0 Å². The summed E-state index contributed by atoms with van der Waals surface area (Å²) >= 11 is 0. The Morgan fingerprint density at radius 3 is 1.20 bits per heavy atom. The maximum absolute atomic E-state index is 10.9. The van der Waals surface area contributed by atoms with Gasteiger partial charge >= 0.3 is 0 Å². The van der Waals surface area contributed by atoms with Crippen LogP contribution < -0.4 is 0 Å². The molecule has 0 amide bonds. The Bertz CT molecular complexity index is 288. The van der Waals surface area contributed by atoms with Gasteiger partial charge in [0.25, 0.3) is 0 Å². The smallest absolute Gasteiger partial charge is 0.205 e. The third-order valence-electron chi connectivity index (χ3n) is 1.50. The van der Waals surface area contributed by atoms with E-state index < -0.39 is 41.8 Å². The summed E-state index contributed by atoms with van der Waals surface area (Å²) in [5.74, 6) is -3.84. The molecule has 0 aromatic heterocycles. The number of carbonyl (C=O) groups excluding carboxylic acids is 5. The molecule has 0 bridgehead atoms. The summed E-state index contributed by atoms with van der Waals surface area (Å²) in [6.45, 7) is 2.09. The second-order valence-corrected chi connectivity index (χ2v) is 2.85. The summed E-state index contributed by atoms with van der Waals surface area (Å²) < 4.78 is 0. The van der Waals surface area contributed by atoms with Gasteiger partial charge < -0.3 is 0 Å². The van der Waals surface area contributed by atoms with Gasteiger partial charge in [0.2, 0.25) is 11.6 Å². The average molecular weight is 377 g/mol. The van der Waals surface area contributed by atoms with Gasteiger partial charge in [0.1, 0.15) is 5.78 Å². The van der Waals surface area contributed by atoms with Crippen LogP contribution >= 0.6 is 0 Å².